The van der Waals surface area contributed by atoms with Crippen molar-refractivity contribution in [1.82, 2.24) is 10.4 Å². The van der Waals surface area contributed by atoms with Crippen LogP contribution in [0.4, 0.5) is 0 Å². The zero-order valence-corrected chi connectivity index (χ0v) is 9.83. The highest BCUT2D eigenvalue weighted by Crippen LogP contribution is 2.26. The number of nitrogens with one attached hydrogen (secondary N) is 1. The summed E-state index contributed by atoms with van der Waals surface area (Å²) in [6, 6.07) is 4.20. The molecular weight excluding hydrogens is 186 g/mol. The highest BCUT2D eigenvalue weighted by Gasteiger charge is 2.15. The molecule has 0 amide bonds. The van der Waals surface area contributed by atoms with Gasteiger partial charge in [-0.1, -0.05) is 26.8 Å². The molecule has 0 bridgehead atoms. The van der Waals surface area contributed by atoms with Crippen LogP contribution in [0.3, 0.4) is 0 Å². The van der Waals surface area contributed by atoms with E-state index < -0.39 is 0 Å². The monoisotopic (exact) mass is 207 g/mol. The van der Waals surface area contributed by atoms with Gasteiger partial charge in [0.15, 0.2) is 0 Å². The zero-order chi connectivity index (χ0) is 11.3. The fraction of sp³-hybridized carbons (Fsp3) is 0.583. The van der Waals surface area contributed by atoms with Crippen LogP contribution in [-0.4, -0.2) is 4.98 Å². The molecule has 0 aliphatic rings. The van der Waals surface area contributed by atoms with Crippen molar-refractivity contribution in [1.29, 1.82) is 0 Å². The summed E-state index contributed by atoms with van der Waals surface area (Å²) in [5, 5.41) is 0. The van der Waals surface area contributed by atoms with Crippen LogP contribution in [0.5, 0.6) is 0 Å². The van der Waals surface area contributed by atoms with Crippen LogP contribution in [-0.2, 0) is 0 Å². The normalized spacial score (nSPS) is 13.9. The molecule has 0 saturated heterocycles. The molecule has 0 fully saturated rings. The molecule has 1 unspecified atom stereocenters. The average Bonchev–Trinajstić information content (AvgIpc) is 2.19. The van der Waals surface area contributed by atoms with Crippen molar-refractivity contribution in [2.45, 2.75) is 39.7 Å². The van der Waals surface area contributed by atoms with Crippen molar-refractivity contribution in [3.8, 4) is 0 Å². The molecule has 1 heterocycles. The largest absolute Gasteiger partial charge is 0.271 e. The van der Waals surface area contributed by atoms with E-state index in [4.69, 9.17) is 5.84 Å². The molecule has 1 aromatic heterocycles. The smallest absolute Gasteiger partial charge is 0.0475 e. The van der Waals surface area contributed by atoms with Gasteiger partial charge in [-0.2, -0.15) is 0 Å². The minimum absolute atomic E-state index is 0.206. The van der Waals surface area contributed by atoms with E-state index in [-0.39, 0.29) is 6.04 Å². The number of rotatable bonds is 4. The standard InChI is InChI=1S/C12H21N3/c1-12(2,3)7-6-11(15-13)10-5-4-8-14-9-10/h4-5,8-9,11,15H,6-7,13H2,1-3H3. The van der Waals surface area contributed by atoms with Gasteiger partial charge in [-0.25, -0.2) is 0 Å². The maximum absolute atomic E-state index is 5.56. The molecule has 3 heteroatoms. The maximum atomic E-state index is 5.56. The number of nitrogens with two attached hydrogens (primary N) is 1. The lowest BCUT2D eigenvalue weighted by Crippen LogP contribution is -2.29. The van der Waals surface area contributed by atoms with Gasteiger partial charge in [0.05, 0.1) is 0 Å². The topological polar surface area (TPSA) is 50.9 Å². The predicted molar refractivity (Wildman–Crippen MR) is 63.0 cm³/mol. The molecule has 0 aliphatic carbocycles. The Hall–Kier alpha value is -0.930. The van der Waals surface area contributed by atoms with Crippen molar-refractivity contribution >= 4 is 0 Å². The Balaban J connectivity index is 2.58. The predicted octanol–water partition coefficient (Wildman–Crippen LogP) is 2.41. The highest BCUT2D eigenvalue weighted by atomic mass is 15.2. The van der Waals surface area contributed by atoms with Gasteiger partial charge < -0.3 is 0 Å². The van der Waals surface area contributed by atoms with Crippen LogP contribution in [0.1, 0.15) is 45.2 Å². The summed E-state index contributed by atoms with van der Waals surface area (Å²) >= 11 is 0. The average molecular weight is 207 g/mol. The Morgan fingerprint density at radius 1 is 1.47 bits per heavy atom. The van der Waals surface area contributed by atoms with Crippen LogP contribution in [0, 0.1) is 5.41 Å². The molecule has 0 radical (unpaired) electrons. The van der Waals surface area contributed by atoms with Crippen molar-refractivity contribution in [3.05, 3.63) is 30.1 Å². The molecule has 1 atom stereocenters. The molecule has 1 aromatic rings. The van der Waals surface area contributed by atoms with Gasteiger partial charge >= 0.3 is 0 Å². The van der Waals surface area contributed by atoms with E-state index in [1.54, 1.807) is 6.20 Å². The summed E-state index contributed by atoms with van der Waals surface area (Å²) in [5.74, 6) is 5.56. The molecule has 0 saturated carbocycles. The van der Waals surface area contributed by atoms with Crippen molar-refractivity contribution in [2.24, 2.45) is 11.3 Å². The molecular formula is C12H21N3. The molecule has 0 aromatic carbocycles. The number of nitrogens with zero attached hydrogens (tertiary/aromatic N) is 1. The first kappa shape index (κ1) is 12.1. The van der Waals surface area contributed by atoms with Gasteiger partial charge in [-0.05, 0) is 29.9 Å². The summed E-state index contributed by atoms with van der Waals surface area (Å²) < 4.78 is 0. The van der Waals surface area contributed by atoms with E-state index in [1.807, 2.05) is 12.3 Å². The number of hydrogen-bond acceptors (Lipinski definition) is 3. The van der Waals surface area contributed by atoms with Crippen molar-refractivity contribution in [2.75, 3.05) is 0 Å². The van der Waals surface area contributed by atoms with Crippen molar-refractivity contribution in [3.63, 3.8) is 0 Å². The van der Waals surface area contributed by atoms with Crippen LogP contribution < -0.4 is 11.3 Å². The second-order valence-corrected chi connectivity index (χ2v) is 5.10. The maximum Gasteiger partial charge on any atom is 0.0475 e. The van der Waals surface area contributed by atoms with E-state index in [9.17, 15) is 0 Å². The molecule has 3 N–H and O–H groups in total. The molecule has 84 valence electrons. The number of aromatic nitrogens is 1. The summed E-state index contributed by atoms with van der Waals surface area (Å²) in [6.07, 6.45) is 5.82. The third-order valence-electron chi connectivity index (χ3n) is 2.47. The van der Waals surface area contributed by atoms with E-state index in [1.165, 1.54) is 0 Å². The van der Waals surface area contributed by atoms with Gasteiger partial charge in [0, 0.05) is 18.4 Å². The van der Waals surface area contributed by atoms with Gasteiger partial charge in [0.1, 0.15) is 0 Å². The SMILES string of the molecule is CC(C)(C)CCC(NN)c1cccnc1. The van der Waals surface area contributed by atoms with Gasteiger partial charge in [-0.3, -0.25) is 16.3 Å². The number of pyridine rings is 1. The summed E-state index contributed by atoms with van der Waals surface area (Å²) in [7, 11) is 0. The first-order valence-corrected chi connectivity index (χ1v) is 5.39. The van der Waals surface area contributed by atoms with Crippen LogP contribution in [0.15, 0.2) is 24.5 Å². The molecule has 1 rings (SSSR count). The second kappa shape index (κ2) is 5.24. The van der Waals surface area contributed by atoms with E-state index in [0.717, 1.165) is 18.4 Å². The van der Waals surface area contributed by atoms with Gasteiger partial charge in [-0.15, -0.1) is 0 Å². The lowest BCUT2D eigenvalue weighted by molar-refractivity contribution is 0.333. The quantitative estimate of drug-likeness (QED) is 0.589. The van der Waals surface area contributed by atoms with Crippen LogP contribution >= 0.6 is 0 Å². The summed E-state index contributed by atoms with van der Waals surface area (Å²) in [4.78, 5) is 4.10. The van der Waals surface area contributed by atoms with E-state index in [2.05, 4.69) is 37.2 Å². The molecule has 0 spiro atoms. The van der Waals surface area contributed by atoms with Gasteiger partial charge in [0.2, 0.25) is 0 Å². The highest BCUT2D eigenvalue weighted by molar-refractivity contribution is 5.13. The molecule has 3 nitrogen and oxygen atoms in total. The fourth-order valence-electron chi connectivity index (χ4n) is 1.51. The second-order valence-electron chi connectivity index (χ2n) is 5.10. The Labute approximate surface area is 92.1 Å². The molecule has 0 aliphatic heterocycles. The zero-order valence-electron chi connectivity index (χ0n) is 9.83. The first-order chi connectivity index (χ1) is 7.03. The van der Waals surface area contributed by atoms with Crippen molar-refractivity contribution < 1.29 is 0 Å². The Bertz CT molecular complexity index is 277. The summed E-state index contributed by atoms with van der Waals surface area (Å²) in [5.41, 5.74) is 4.35. The summed E-state index contributed by atoms with van der Waals surface area (Å²) in [6.45, 7) is 6.72. The minimum atomic E-state index is 0.206. The number of hydrazine groups is 1. The Morgan fingerprint density at radius 2 is 2.20 bits per heavy atom. The first-order valence-electron chi connectivity index (χ1n) is 5.39. The van der Waals surface area contributed by atoms with Gasteiger partial charge in [0.25, 0.3) is 0 Å². The van der Waals surface area contributed by atoms with E-state index >= 15 is 0 Å². The third kappa shape index (κ3) is 4.40. The lowest BCUT2D eigenvalue weighted by Gasteiger charge is -2.22. The Kier molecular flexibility index (Phi) is 4.24. The third-order valence-corrected chi connectivity index (χ3v) is 2.47. The van der Waals surface area contributed by atoms with Crippen LogP contribution in [0.25, 0.3) is 0 Å². The van der Waals surface area contributed by atoms with E-state index in [0.29, 0.717) is 5.41 Å². The van der Waals surface area contributed by atoms with Crippen LogP contribution in [0.2, 0.25) is 0 Å². The minimum Gasteiger partial charge on any atom is -0.271 e. The fourth-order valence-corrected chi connectivity index (χ4v) is 1.51. The molecule has 15 heavy (non-hydrogen) atoms. The lowest BCUT2D eigenvalue weighted by atomic mass is 9.87. The Morgan fingerprint density at radius 3 is 2.67 bits per heavy atom. The number of hydrogen-bond donors (Lipinski definition) is 2.